The van der Waals surface area contributed by atoms with Crippen molar-refractivity contribution < 1.29 is 8.42 Å². The maximum atomic E-state index is 12.4. The van der Waals surface area contributed by atoms with Crippen LogP contribution in [-0.4, -0.2) is 31.1 Å². The number of alkyl halides is 1. The smallest absolute Gasteiger partial charge is 0.207 e. The molecule has 1 aliphatic rings. The molecule has 0 spiro atoms. The van der Waals surface area contributed by atoms with E-state index in [-0.39, 0.29) is 0 Å². The van der Waals surface area contributed by atoms with E-state index < -0.39 is 10.0 Å². The number of piperidine rings is 1. The van der Waals surface area contributed by atoms with E-state index in [2.05, 4.69) is 15.9 Å². The summed E-state index contributed by atoms with van der Waals surface area (Å²) in [4.78, 5) is 0.323. The lowest BCUT2D eigenvalue weighted by Crippen LogP contribution is -2.38. The van der Waals surface area contributed by atoms with Crippen LogP contribution in [0.25, 0.3) is 0 Å². The fourth-order valence-electron chi connectivity index (χ4n) is 2.06. The van der Waals surface area contributed by atoms with Crippen LogP contribution in [0, 0.1) is 5.92 Å². The number of halogens is 2. The van der Waals surface area contributed by atoms with Crippen LogP contribution < -0.4 is 0 Å². The molecule has 0 amide bonds. The summed E-state index contributed by atoms with van der Waals surface area (Å²) in [6, 6.07) is 6.35. The Morgan fingerprint density at radius 3 is 2.28 bits per heavy atom. The molecule has 2 rings (SSSR count). The van der Waals surface area contributed by atoms with E-state index in [0.717, 1.165) is 18.2 Å². The van der Waals surface area contributed by atoms with Crippen LogP contribution >= 0.6 is 27.5 Å². The van der Waals surface area contributed by atoms with Crippen LogP contribution in [0.4, 0.5) is 0 Å². The molecule has 1 heterocycles. The summed E-state index contributed by atoms with van der Waals surface area (Å²) in [5.41, 5.74) is 0. The summed E-state index contributed by atoms with van der Waals surface area (Å²) in [7, 11) is -3.35. The Labute approximate surface area is 121 Å². The molecule has 0 atom stereocenters. The number of sulfonamides is 1. The molecule has 1 saturated heterocycles. The lowest BCUT2D eigenvalue weighted by Gasteiger charge is -2.30. The van der Waals surface area contributed by atoms with E-state index in [1.54, 1.807) is 28.6 Å². The number of rotatable bonds is 3. The Hall–Kier alpha value is -0.100. The molecular weight excluding hydrogens is 338 g/mol. The zero-order valence-corrected chi connectivity index (χ0v) is 13.0. The largest absolute Gasteiger partial charge is 0.243 e. The van der Waals surface area contributed by atoms with E-state index >= 15 is 0 Å². The van der Waals surface area contributed by atoms with Gasteiger partial charge < -0.3 is 0 Å². The van der Waals surface area contributed by atoms with Crippen molar-refractivity contribution in [1.82, 2.24) is 4.31 Å². The Morgan fingerprint density at radius 1 is 1.22 bits per heavy atom. The molecule has 6 heteroatoms. The monoisotopic (exact) mass is 351 g/mol. The first kappa shape index (κ1) is 14.3. The number of nitrogens with zero attached hydrogens (tertiary/aromatic N) is 1. The van der Waals surface area contributed by atoms with E-state index in [1.165, 1.54) is 0 Å². The third-order valence-corrected chi connectivity index (χ3v) is 6.32. The molecule has 0 radical (unpaired) electrons. The summed E-state index contributed by atoms with van der Waals surface area (Å²) < 4.78 is 26.3. The van der Waals surface area contributed by atoms with Gasteiger partial charge in [-0.05, 0) is 43.0 Å². The Kier molecular flexibility index (Phi) is 4.69. The van der Waals surface area contributed by atoms with Gasteiger partial charge in [0, 0.05) is 23.4 Å². The summed E-state index contributed by atoms with van der Waals surface area (Å²) in [6.07, 6.45) is 1.83. The van der Waals surface area contributed by atoms with Crippen LogP contribution in [-0.2, 0) is 10.0 Å². The van der Waals surface area contributed by atoms with Crippen molar-refractivity contribution in [2.24, 2.45) is 5.92 Å². The lowest BCUT2D eigenvalue weighted by atomic mass is 10.0. The molecule has 0 saturated carbocycles. The predicted octanol–water partition coefficient (Wildman–Crippen LogP) is 3.14. The average molecular weight is 353 g/mol. The molecular formula is C12H15BrClNO2S. The summed E-state index contributed by atoms with van der Waals surface area (Å²) in [6.45, 7) is 1.20. The molecule has 1 aliphatic heterocycles. The van der Waals surface area contributed by atoms with Crippen molar-refractivity contribution in [1.29, 1.82) is 0 Å². The molecule has 18 heavy (non-hydrogen) atoms. The normalized spacial score (nSPS) is 19.0. The van der Waals surface area contributed by atoms with Gasteiger partial charge in [0.2, 0.25) is 10.0 Å². The Morgan fingerprint density at radius 2 is 1.78 bits per heavy atom. The minimum atomic E-state index is -3.35. The summed E-state index contributed by atoms with van der Waals surface area (Å²) in [5.74, 6) is 0.585. The van der Waals surface area contributed by atoms with Gasteiger partial charge in [-0.15, -0.1) is 0 Å². The van der Waals surface area contributed by atoms with Crippen molar-refractivity contribution in [3.05, 3.63) is 29.3 Å². The average Bonchev–Trinajstić information content (AvgIpc) is 2.39. The fraction of sp³-hybridized carbons (Fsp3) is 0.500. The zero-order valence-electron chi connectivity index (χ0n) is 9.85. The van der Waals surface area contributed by atoms with Gasteiger partial charge in [-0.1, -0.05) is 27.5 Å². The van der Waals surface area contributed by atoms with Crippen LogP contribution in [0.2, 0.25) is 5.02 Å². The van der Waals surface area contributed by atoms with E-state index in [4.69, 9.17) is 11.6 Å². The van der Waals surface area contributed by atoms with Gasteiger partial charge in [0.15, 0.2) is 0 Å². The van der Waals surface area contributed by atoms with Gasteiger partial charge in [0.1, 0.15) is 0 Å². The van der Waals surface area contributed by atoms with Crippen molar-refractivity contribution in [2.45, 2.75) is 17.7 Å². The Balaban J connectivity index is 2.15. The second-order valence-corrected chi connectivity index (χ2v) is 7.48. The van der Waals surface area contributed by atoms with E-state index in [1.807, 2.05) is 0 Å². The van der Waals surface area contributed by atoms with Gasteiger partial charge in [0.25, 0.3) is 0 Å². The standard InChI is InChI=1S/C12H15BrClNO2S/c13-9-10-5-7-15(8-6-10)18(16,17)12-3-1-11(14)2-4-12/h1-4,10H,5-9H2. The highest BCUT2D eigenvalue weighted by molar-refractivity contribution is 9.09. The van der Waals surface area contributed by atoms with Gasteiger partial charge in [-0.25, -0.2) is 8.42 Å². The second kappa shape index (κ2) is 5.90. The van der Waals surface area contributed by atoms with Crippen molar-refractivity contribution in [3.63, 3.8) is 0 Å². The molecule has 0 bridgehead atoms. The van der Waals surface area contributed by atoms with Crippen molar-refractivity contribution in [2.75, 3.05) is 18.4 Å². The highest BCUT2D eigenvalue weighted by Crippen LogP contribution is 2.25. The molecule has 0 N–H and O–H groups in total. The lowest BCUT2D eigenvalue weighted by molar-refractivity contribution is 0.292. The first-order valence-corrected chi connectivity index (χ1v) is 8.79. The molecule has 1 aromatic rings. The van der Waals surface area contributed by atoms with Gasteiger partial charge in [-0.3, -0.25) is 0 Å². The van der Waals surface area contributed by atoms with Gasteiger partial charge in [-0.2, -0.15) is 4.31 Å². The highest BCUT2D eigenvalue weighted by atomic mass is 79.9. The van der Waals surface area contributed by atoms with Gasteiger partial charge in [0.05, 0.1) is 4.90 Å². The predicted molar refractivity (Wildman–Crippen MR) is 76.7 cm³/mol. The topological polar surface area (TPSA) is 37.4 Å². The first-order valence-electron chi connectivity index (χ1n) is 5.85. The molecule has 0 aliphatic carbocycles. The number of hydrogen-bond donors (Lipinski definition) is 0. The Bertz CT molecular complexity index is 495. The third-order valence-electron chi connectivity index (χ3n) is 3.24. The fourth-order valence-corrected chi connectivity index (χ4v) is 4.30. The quantitative estimate of drug-likeness (QED) is 0.784. The molecule has 3 nitrogen and oxygen atoms in total. The SMILES string of the molecule is O=S(=O)(c1ccc(Cl)cc1)N1CCC(CBr)CC1. The molecule has 1 aromatic carbocycles. The van der Waals surface area contributed by atoms with Gasteiger partial charge >= 0.3 is 0 Å². The third kappa shape index (κ3) is 3.07. The van der Waals surface area contributed by atoms with Crippen LogP contribution in [0.3, 0.4) is 0 Å². The van der Waals surface area contributed by atoms with Crippen LogP contribution in [0.5, 0.6) is 0 Å². The maximum Gasteiger partial charge on any atom is 0.243 e. The molecule has 1 fully saturated rings. The molecule has 0 aromatic heterocycles. The first-order chi connectivity index (χ1) is 8.54. The minimum absolute atomic E-state index is 0.323. The van der Waals surface area contributed by atoms with E-state index in [0.29, 0.717) is 28.9 Å². The van der Waals surface area contributed by atoms with Crippen molar-refractivity contribution in [3.8, 4) is 0 Å². The van der Waals surface area contributed by atoms with Crippen LogP contribution in [0.15, 0.2) is 29.2 Å². The molecule has 0 unspecified atom stereocenters. The zero-order chi connectivity index (χ0) is 13.2. The number of hydrogen-bond acceptors (Lipinski definition) is 2. The summed E-state index contributed by atoms with van der Waals surface area (Å²) >= 11 is 9.22. The maximum absolute atomic E-state index is 12.4. The number of benzene rings is 1. The minimum Gasteiger partial charge on any atom is -0.207 e. The van der Waals surface area contributed by atoms with E-state index in [9.17, 15) is 8.42 Å². The highest BCUT2D eigenvalue weighted by Gasteiger charge is 2.28. The van der Waals surface area contributed by atoms with Crippen molar-refractivity contribution >= 4 is 37.6 Å². The van der Waals surface area contributed by atoms with Crippen LogP contribution in [0.1, 0.15) is 12.8 Å². The molecule has 100 valence electrons. The summed E-state index contributed by atoms with van der Waals surface area (Å²) in [5, 5.41) is 1.49. The second-order valence-electron chi connectivity index (χ2n) is 4.46.